The summed E-state index contributed by atoms with van der Waals surface area (Å²) in [4.78, 5) is 5.95. The van der Waals surface area contributed by atoms with E-state index in [4.69, 9.17) is 4.74 Å². The molecule has 1 aromatic heterocycles. The molecule has 3 nitrogen and oxygen atoms in total. The molecule has 4 heteroatoms. The van der Waals surface area contributed by atoms with Crippen LogP contribution in [0.3, 0.4) is 0 Å². The second-order valence-corrected chi connectivity index (χ2v) is 4.04. The first kappa shape index (κ1) is 11.3. The van der Waals surface area contributed by atoms with Crippen LogP contribution in [0.15, 0.2) is 18.3 Å². The lowest BCUT2D eigenvalue weighted by molar-refractivity contribution is 0.253. The van der Waals surface area contributed by atoms with Crippen molar-refractivity contribution in [2.24, 2.45) is 0 Å². The molecule has 0 spiro atoms. The van der Waals surface area contributed by atoms with Crippen molar-refractivity contribution < 1.29 is 9.13 Å². The largest absolute Gasteiger partial charge is 0.489 e. The lowest BCUT2D eigenvalue weighted by atomic mass is 10.4. The second kappa shape index (κ2) is 5.80. The smallest absolute Gasteiger partial charge is 0.255 e. The first-order valence-electron chi connectivity index (χ1n) is 5.82. The van der Waals surface area contributed by atoms with Gasteiger partial charge in [0.25, 0.3) is 5.95 Å². The van der Waals surface area contributed by atoms with Gasteiger partial charge in [0, 0.05) is 12.7 Å². The van der Waals surface area contributed by atoms with E-state index in [2.05, 4.69) is 9.88 Å². The third-order valence-electron chi connectivity index (χ3n) is 2.80. The van der Waals surface area contributed by atoms with Crippen LogP contribution in [-0.2, 0) is 0 Å². The van der Waals surface area contributed by atoms with Crippen LogP contribution in [0.1, 0.15) is 19.3 Å². The van der Waals surface area contributed by atoms with Crippen molar-refractivity contribution in [2.45, 2.75) is 19.3 Å². The maximum atomic E-state index is 13.1. The minimum Gasteiger partial charge on any atom is -0.489 e. The number of halogens is 1. The van der Waals surface area contributed by atoms with Crippen molar-refractivity contribution in [1.82, 2.24) is 9.88 Å². The van der Waals surface area contributed by atoms with E-state index in [0.29, 0.717) is 6.61 Å². The van der Waals surface area contributed by atoms with Gasteiger partial charge in [0.15, 0.2) is 5.75 Å². The number of pyridine rings is 1. The average molecular weight is 224 g/mol. The molecule has 1 saturated heterocycles. The fourth-order valence-electron chi connectivity index (χ4n) is 1.96. The fraction of sp³-hybridized carbons (Fsp3) is 0.583. The first-order valence-corrected chi connectivity index (χ1v) is 5.82. The molecule has 2 heterocycles. The maximum absolute atomic E-state index is 13.1. The molecule has 1 aliphatic rings. The Morgan fingerprint density at radius 2 is 2.19 bits per heavy atom. The van der Waals surface area contributed by atoms with E-state index in [1.54, 1.807) is 12.1 Å². The summed E-state index contributed by atoms with van der Waals surface area (Å²) in [6.45, 7) is 3.99. The van der Waals surface area contributed by atoms with Gasteiger partial charge in [-0.15, -0.1) is 0 Å². The van der Waals surface area contributed by atoms with Gasteiger partial charge in [-0.1, -0.05) is 0 Å². The Balaban J connectivity index is 1.66. The predicted octanol–water partition coefficient (Wildman–Crippen LogP) is 2.09. The normalized spacial score (nSPS) is 16.6. The topological polar surface area (TPSA) is 25.4 Å². The molecule has 0 N–H and O–H groups in total. The molecule has 1 aliphatic heterocycles. The quantitative estimate of drug-likeness (QED) is 0.565. The van der Waals surface area contributed by atoms with E-state index >= 15 is 0 Å². The Labute approximate surface area is 95.2 Å². The molecule has 0 bridgehead atoms. The molecule has 0 atom stereocenters. The van der Waals surface area contributed by atoms with Crippen LogP contribution in [0.4, 0.5) is 4.39 Å². The van der Waals surface area contributed by atoms with E-state index in [1.165, 1.54) is 32.1 Å². The number of rotatable bonds is 5. The minimum absolute atomic E-state index is 0.254. The molecular weight excluding hydrogens is 207 g/mol. The van der Waals surface area contributed by atoms with E-state index in [0.717, 1.165) is 13.0 Å². The molecule has 0 unspecified atom stereocenters. The minimum atomic E-state index is -0.524. The maximum Gasteiger partial charge on any atom is 0.255 e. The number of aromatic nitrogens is 1. The molecular formula is C12H17FN2O. The third-order valence-corrected chi connectivity index (χ3v) is 2.80. The van der Waals surface area contributed by atoms with Gasteiger partial charge in [-0.05, 0) is 44.5 Å². The van der Waals surface area contributed by atoms with Gasteiger partial charge in [-0.25, -0.2) is 4.98 Å². The summed E-state index contributed by atoms with van der Waals surface area (Å²) in [6.07, 6.45) is 4.97. The van der Waals surface area contributed by atoms with Crippen molar-refractivity contribution in [2.75, 3.05) is 26.2 Å². The molecule has 0 aliphatic carbocycles. The molecule has 0 amide bonds. The van der Waals surface area contributed by atoms with E-state index < -0.39 is 5.95 Å². The zero-order chi connectivity index (χ0) is 11.2. The predicted molar refractivity (Wildman–Crippen MR) is 60.0 cm³/mol. The second-order valence-electron chi connectivity index (χ2n) is 4.04. The van der Waals surface area contributed by atoms with Gasteiger partial charge in [0.2, 0.25) is 0 Å². The summed E-state index contributed by atoms with van der Waals surface area (Å²) in [5.41, 5.74) is 0. The van der Waals surface area contributed by atoms with Gasteiger partial charge in [-0.3, -0.25) is 0 Å². The Hall–Kier alpha value is -1.16. The summed E-state index contributed by atoms with van der Waals surface area (Å²) in [5, 5.41) is 0. The van der Waals surface area contributed by atoms with Crippen molar-refractivity contribution in [3.63, 3.8) is 0 Å². The molecule has 0 aromatic carbocycles. The van der Waals surface area contributed by atoms with Gasteiger partial charge < -0.3 is 9.64 Å². The van der Waals surface area contributed by atoms with Gasteiger partial charge >= 0.3 is 0 Å². The average Bonchev–Trinajstić information content (AvgIpc) is 2.79. The lowest BCUT2D eigenvalue weighted by Gasteiger charge is -2.14. The Bertz CT molecular complexity index is 327. The fourth-order valence-corrected chi connectivity index (χ4v) is 1.96. The highest BCUT2D eigenvalue weighted by atomic mass is 19.1. The van der Waals surface area contributed by atoms with Crippen LogP contribution in [0.25, 0.3) is 0 Å². The SMILES string of the molecule is Fc1ncccc1OCCCN1CCCC1. The Kier molecular flexibility index (Phi) is 4.10. The highest BCUT2D eigenvalue weighted by Crippen LogP contribution is 2.13. The third kappa shape index (κ3) is 3.17. The highest BCUT2D eigenvalue weighted by Gasteiger charge is 2.10. The van der Waals surface area contributed by atoms with Crippen LogP contribution in [0.2, 0.25) is 0 Å². The molecule has 2 rings (SSSR count). The summed E-state index contributed by atoms with van der Waals surface area (Å²) in [5.74, 6) is -0.271. The van der Waals surface area contributed by atoms with Gasteiger partial charge in [-0.2, -0.15) is 4.39 Å². The number of ether oxygens (including phenoxy) is 1. The van der Waals surface area contributed by atoms with E-state index in [9.17, 15) is 4.39 Å². The molecule has 0 saturated carbocycles. The first-order chi connectivity index (χ1) is 7.86. The van der Waals surface area contributed by atoms with Crippen LogP contribution in [-0.4, -0.2) is 36.1 Å². The molecule has 1 fully saturated rings. The molecule has 88 valence electrons. The van der Waals surface area contributed by atoms with Crippen LogP contribution >= 0.6 is 0 Å². The molecule has 1 aromatic rings. The van der Waals surface area contributed by atoms with E-state index in [1.807, 2.05) is 0 Å². The summed E-state index contributed by atoms with van der Waals surface area (Å²) >= 11 is 0. The van der Waals surface area contributed by atoms with Crippen LogP contribution < -0.4 is 4.74 Å². The zero-order valence-electron chi connectivity index (χ0n) is 9.36. The Morgan fingerprint density at radius 1 is 1.38 bits per heavy atom. The summed E-state index contributed by atoms with van der Waals surface area (Å²) in [6, 6.07) is 3.29. The van der Waals surface area contributed by atoms with Gasteiger partial charge in [0.05, 0.1) is 6.61 Å². The van der Waals surface area contributed by atoms with Crippen molar-refractivity contribution in [3.8, 4) is 5.75 Å². The summed E-state index contributed by atoms with van der Waals surface area (Å²) < 4.78 is 18.4. The zero-order valence-corrected chi connectivity index (χ0v) is 9.36. The number of hydrogen-bond acceptors (Lipinski definition) is 3. The van der Waals surface area contributed by atoms with Crippen molar-refractivity contribution >= 4 is 0 Å². The Morgan fingerprint density at radius 3 is 2.94 bits per heavy atom. The lowest BCUT2D eigenvalue weighted by Crippen LogP contribution is -2.22. The van der Waals surface area contributed by atoms with Gasteiger partial charge in [0.1, 0.15) is 0 Å². The van der Waals surface area contributed by atoms with Crippen LogP contribution in [0, 0.1) is 5.95 Å². The highest BCUT2D eigenvalue weighted by molar-refractivity contribution is 5.17. The monoisotopic (exact) mass is 224 g/mol. The van der Waals surface area contributed by atoms with E-state index in [-0.39, 0.29) is 5.75 Å². The standard InChI is InChI=1S/C12H17FN2O/c13-12-11(5-3-6-14-12)16-10-4-9-15-7-1-2-8-15/h3,5-6H,1-2,4,7-10H2. The van der Waals surface area contributed by atoms with Crippen molar-refractivity contribution in [1.29, 1.82) is 0 Å². The number of nitrogens with zero attached hydrogens (tertiary/aromatic N) is 2. The number of hydrogen-bond donors (Lipinski definition) is 0. The number of likely N-dealkylation sites (tertiary alicyclic amines) is 1. The van der Waals surface area contributed by atoms with Crippen molar-refractivity contribution in [3.05, 3.63) is 24.3 Å². The summed E-state index contributed by atoms with van der Waals surface area (Å²) in [7, 11) is 0. The molecule has 0 radical (unpaired) electrons. The van der Waals surface area contributed by atoms with Crippen LogP contribution in [0.5, 0.6) is 5.75 Å². The molecule has 16 heavy (non-hydrogen) atoms.